The third-order valence-electron chi connectivity index (χ3n) is 6.05. The lowest BCUT2D eigenvalue weighted by atomic mass is 9.81. The zero-order valence-corrected chi connectivity index (χ0v) is 16.7. The van der Waals surface area contributed by atoms with Gasteiger partial charge in [0.25, 0.3) is 0 Å². The molecule has 3 aromatic rings. The number of aromatic nitrogens is 1. The van der Waals surface area contributed by atoms with Gasteiger partial charge >= 0.3 is 0 Å². The Balaban J connectivity index is 1.98. The highest BCUT2D eigenvalue weighted by Crippen LogP contribution is 2.50. The van der Waals surface area contributed by atoms with E-state index in [4.69, 9.17) is 0 Å². The predicted octanol–water partition coefficient (Wildman–Crippen LogP) is 5.92. The third-order valence-corrected chi connectivity index (χ3v) is 6.05. The van der Waals surface area contributed by atoms with Crippen LogP contribution in [0.5, 0.6) is 0 Å². The van der Waals surface area contributed by atoms with Gasteiger partial charge < -0.3 is 0 Å². The molecule has 0 atom stereocenters. The second kappa shape index (κ2) is 5.81. The minimum Gasteiger partial charge on any atom is -0.201 e. The summed E-state index contributed by atoms with van der Waals surface area (Å²) in [7, 11) is 2.14. The van der Waals surface area contributed by atoms with Crippen LogP contribution in [0.4, 0.5) is 0 Å². The van der Waals surface area contributed by atoms with Gasteiger partial charge in [-0.15, -0.1) is 0 Å². The van der Waals surface area contributed by atoms with Crippen LogP contribution in [0.25, 0.3) is 22.4 Å². The zero-order valence-electron chi connectivity index (χ0n) is 16.7. The molecule has 0 N–H and O–H groups in total. The molecule has 0 saturated heterocycles. The van der Waals surface area contributed by atoms with Crippen molar-refractivity contribution < 1.29 is 4.57 Å². The molecule has 1 aliphatic carbocycles. The summed E-state index contributed by atoms with van der Waals surface area (Å²) in [5.74, 6) is 0.532. The second-order valence-corrected chi connectivity index (χ2v) is 8.49. The molecule has 1 heteroatoms. The molecule has 1 aliphatic rings. The summed E-state index contributed by atoms with van der Waals surface area (Å²) < 4.78 is 2.24. The highest BCUT2D eigenvalue weighted by molar-refractivity contribution is 5.84. The monoisotopic (exact) mass is 342 g/mol. The topological polar surface area (TPSA) is 3.88 Å². The van der Waals surface area contributed by atoms with Gasteiger partial charge in [0.1, 0.15) is 7.05 Å². The van der Waals surface area contributed by atoms with Crippen molar-refractivity contribution in [2.45, 2.75) is 46.0 Å². The quantitative estimate of drug-likeness (QED) is 0.509. The molecule has 2 aromatic carbocycles. The zero-order chi connectivity index (χ0) is 18.6. The molecular weight excluding hydrogens is 314 g/mol. The molecule has 0 fully saturated rings. The molecule has 1 aromatic heterocycles. The average molecular weight is 343 g/mol. The van der Waals surface area contributed by atoms with E-state index in [2.05, 4.69) is 101 Å². The number of pyridine rings is 1. The smallest absolute Gasteiger partial charge is 0.201 e. The number of benzene rings is 2. The molecule has 4 rings (SSSR count). The van der Waals surface area contributed by atoms with Crippen LogP contribution in [0.3, 0.4) is 0 Å². The van der Waals surface area contributed by atoms with Gasteiger partial charge in [0.05, 0.1) is 0 Å². The molecule has 0 spiro atoms. The maximum absolute atomic E-state index is 2.41. The number of fused-ring (bicyclic) bond motifs is 3. The molecule has 26 heavy (non-hydrogen) atoms. The summed E-state index contributed by atoms with van der Waals surface area (Å²) in [4.78, 5) is 0. The summed E-state index contributed by atoms with van der Waals surface area (Å²) in [6.45, 7) is 11.4. The Morgan fingerprint density at radius 1 is 0.846 bits per heavy atom. The maximum Gasteiger partial charge on any atom is 0.212 e. The fourth-order valence-corrected chi connectivity index (χ4v) is 4.34. The molecule has 0 aliphatic heterocycles. The van der Waals surface area contributed by atoms with Crippen molar-refractivity contribution in [1.29, 1.82) is 0 Å². The van der Waals surface area contributed by atoms with E-state index < -0.39 is 0 Å². The molecule has 0 unspecified atom stereocenters. The molecule has 1 nitrogen and oxygen atoms in total. The Bertz CT molecular complexity index is 1010. The Morgan fingerprint density at radius 3 is 2.31 bits per heavy atom. The second-order valence-electron chi connectivity index (χ2n) is 8.49. The lowest BCUT2D eigenvalue weighted by Crippen LogP contribution is -2.31. The van der Waals surface area contributed by atoms with Crippen molar-refractivity contribution in [2.24, 2.45) is 7.05 Å². The van der Waals surface area contributed by atoms with E-state index in [1.807, 2.05) is 0 Å². The van der Waals surface area contributed by atoms with Gasteiger partial charge in [-0.2, -0.15) is 0 Å². The molecular formula is C25H28N+. The van der Waals surface area contributed by atoms with Crippen LogP contribution < -0.4 is 4.57 Å². The van der Waals surface area contributed by atoms with Crippen LogP contribution in [0, 0.1) is 6.92 Å². The van der Waals surface area contributed by atoms with Crippen molar-refractivity contribution >= 4 is 0 Å². The highest BCUT2D eigenvalue weighted by atomic mass is 14.9. The van der Waals surface area contributed by atoms with Crippen molar-refractivity contribution in [1.82, 2.24) is 0 Å². The van der Waals surface area contributed by atoms with Crippen LogP contribution >= 0.6 is 0 Å². The van der Waals surface area contributed by atoms with E-state index >= 15 is 0 Å². The van der Waals surface area contributed by atoms with Gasteiger partial charge in [-0.3, -0.25) is 0 Å². The van der Waals surface area contributed by atoms with E-state index in [1.54, 1.807) is 0 Å². The average Bonchev–Trinajstić information content (AvgIpc) is 2.82. The molecule has 0 bridgehead atoms. The van der Waals surface area contributed by atoms with E-state index in [0.29, 0.717) is 5.92 Å². The summed E-state index contributed by atoms with van der Waals surface area (Å²) in [5.41, 5.74) is 11.1. The summed E-state index contributed by atoms with van der Waals surface area (Å²) in [6.07, 6.45) is 2.19. The number of hydrogen-bond acceptors (Lipinski definition) is 0. The van der Waals surface area contributed by atoms with Gasteiger partial charge in [-0.25, -0.2) is 4.57 Å². The largest absolute Gasteiger partial charge is 0.212 e. The van der Waals surface area contributed by atoms with Crippen molar-refractivity contribution in [3.05, 3.63) is 77.0 Å². The Labute approximate surface area is 157 Å². The van der Waals surface area contributed by atoms with Crippen LogP contribution in [0.2, 0.25) is 0 Å². The van der Waals surface area contributed by atoms with Crippen molar-refractivity contribution in [2.75, 3.05) is 0 Å². The van der Waals surface area contributed by atoms with E-state index in [9.17, 15) is 0 Å². The lowest BCUT2D eigenvalue weighted by molar-refractivity contribution is -0.660. The van der Waals surface area contributed by atoms with E-state index in [1.165, 1.54) is 44.6 Å². The normalized spacial score (nSPS) is 14.4. The molecule has 1 heterocycles. The fraction of sp³-hybridized carbons (Fsp3) is 0.320. The maximum atomic E-state index is 2.41. The van der Waals surface area contributed by atoms with Gasteiger partial charge in [0.15, 0.2) is 6.20 Å². The van der Waals surface area contributed by atoms with Crippen LogP contribution in [0.15, 0.2) is 54.7 Å². The van der Waals surface area contributed by atoms with Crippen molar-refractivity contribution in [3.63, 3.8) is 0 Å². The number of hydrogen-bond donors (Lipinski definition) is 0. The van der Waals surface area contributed by atoms with Crippen molar-refractivity contribution in [3.8, 4) is 22.4 Å². The minimum absolute atomic E-state index is 0.0667. The van der Waals surface area contributed by atoms with Crippen LogP contribution in [-0.4, -0.2) is 0 Å². The Morgan fingerprint density at radius 2 is 1.58 bits per heavy atom. The van der Waals surface area contributed by atoms with Gasteiger partial charge in [-0.1, -0.05) is 58.0 Å². The Kier molecular flexibility index (Phi) is 3.80. The first kappa shape index (κ1) is 17.0. The van der Waals surface area contributed by atoms with E-state index in [-0.39, 0.29) is 5.41 Å². The molecule has 0 radical (unpaired) electrons. The molecule has 0 amide bonds. The molecule has 132 valence electrons. The number of rotatable bonds is 2. The first-order valence-corrected chi connectivity index (χ1v) is 9.55. The van der Waals surface area contributed by atoms with Crippen LogP contribution in [0.1, 0.15) is 55.9 Å². The van der Waals surface area contributed by atoms with Gasteiger partial charge in [0, 0.05) is 23.1 Å². The SMILES string of the molecule is Cc1cc2c(cc1-c1cc(C(C)C)cc[n+]1C)-c1ccccc1C2(C)C. The third kappa shape index (κ3) is 2.41. The van der Waals surface area contributed by atoms with E-state index in [0.717, 1.165) is 0 Å². The fourth-order valence-electron chi connectivity index (χ4n) is 4.34. The summed E-state index contributed by atoms with van der Waals surface area (Å²) >= 11 is 0. The van der Waals surface area contributed by atoms with Gasteiger partial charge in [0.2, 0.25) is 5.69 Å². The first-order valence-electron chi connectivity index (χ1n) is 9.55. The number of aryl methyl sites for hydroxylation is 2. The summed E-state index contributed by atoms with van der Waals surface area (Å²) in [6, 6.07) is 18.3. The molecule has 0 saturated carbocycles. The minimum atomic E-state index is 0.0667. The summed E-state index contributed by atoms with van der Waals surface area (Å²) in [5, 5.41) is 0. The highest BCUT2D eigenvalue weighted by Gasteiger charge is 2.36. The standard InChI is InChI=1S/C25H28N/c1-16(2)18-11-12-26(6)24(14-18)20-15-21-19-9-7-8-10-22(19)25(4,5)23(21)13-17(20)3/h7-16H,1-6H3/q+1. The predicted molar refractivity (Wildman–Crippen MR) is 109 cm³/mol. The Hall–Kier alpha value is -2.41. The van der Waals surface area contributed by atoms with Crippen LogP contribution in [-0.2, 0) is 12.5 Å². The first-order chi connectivity index (χ1) is 12.3. The number of nitrogens with zero attached hydrogens (tertiary/aromatic N) is 1. The van der Waals surface area contributed by atoms with Gasteiger partial charge in [-0.05, 0) is 52.3 Å². The lowest BCUT2D eigenvalue weighted by Gasteiger charge is -2.22.